The molecule has 0 bridgehead atoms. The molecule has 5 nitrogen and oxygen atoms in total. The smallest absolute Gasteiger partial charge is 0.251 e. The van der Waals surface area contributed by atoms with E-state index >= 15 is 0 Å². The number of carbonyl (C=O) groups excluding carboxylic acids is 1. The molecule has 0 heterocycles. The van der Waals surface area contributed by atoms with E-state index in [1.807, 2.05) is 18.2 Å². The number of sulfonamides is 1. The molecule has 27 heavy (non-hydrogen) atoms. The minimum absolute atomic E-state index is 0.0182. The molecule has 146 valence electrons. The van der Waals surface area contributed by atoms with Crippen molar-refractivity contribution < 1.29 is 13.2 Å². The van der Waals surface area contributed by atoms with Crippen molar-refractivity contribution in [2.24, 2.45) is 0 Å². The quantitative estimate of drug-likeness (QED) is 0.746. The second kappa shape index (κ2) is 8.31. The summed E-state index contributed by atoms with van der Waals surface area (Å²) in [4.78, 5) is 12.6. The van der Waals surface area contributed by atoms with Crippen molar-refractivity contribution in [3.63, 3.8) is 0 Å². The molecule has 0 saturated heterocycles. The molecule has 2 aromatic rings. The van der Waals surface area contributed by atoms with Crippen LogP contribution in [0.15, 0.2) is 42.5 Å². The van der Waals surface area contributed by atoms with Crippen LogP contribution in [0, 0.1) is 0 Å². The van der Waals surface area contributed by atoms with E-state index in [0.29, 0.717) is 21.8 Å². The van der Waals surface area contributed by atoms with E-state index in [-0.39, 0.29) is 23.6 Å². The maximum Gasteiger partial charge on any atom is 0.251 e. The van der Waals surface area contributed by atoms with Crippen LogP contribution in [0.3, 0.4) is 0 Å². The van der Waals surface area contributed by atoms with Gasteiger partial charge in [-0.25, -0.2) is 8.42 Å². The zero-order valence-electron chi connectivity index (χ0n) is 16.0. The van der Waals surface area contributed by atoms with Gasteiger partial charge in [-0.2, -0.15) is 0 Å². The third-order valence-electron chi connectivity index (χ3n) is 4.13. The Balaban J connectivity index is 2.13. The van der Waals surface area contributed by atoms with Crippen LogP contribution >= 0.6 is 11.6 Å². The summed E-state index contributed by atoms with van der Waals surface area (Å²) in [5, 5.41) is 3.27. The third-order valence-corrected chi connectivity index (χ3v) is 5.78. The van der Waals surface area contributed by atoms with Crippen molar-refractivity contribution in [1.82, 2.24) is 5.32 Å². The van der Waals surface area contributed by atoms with Gasteiger partial charge in [0.15, 0.2) is 0 Å². The monoisotopic (exact) mass is 408 g/mol. The van der Waals surface area contributed by atoms with Gasteiger partial charge in [-0.05, 0) is 41.7 Å². The summed E-state index contributed by atoms with van der Waals surface area (Å²) in [6.07, 6.45) is 0. The highest BCUT2D eigenvalue weighted by molar-refractivity contribution is 7.92. The van der Waals surface area contributed by atoms with Crippen LogP contribution in [0.2, 0.25) is 5.02 Å². The first-order valence-corrected chi connectivity index (χ1v) is 10.7. The lowest BCUT2D eigenvalue weighted by molar-refractivity contribution is 0.0948. The molecular formula is C20H25ClN2O3S. The van der Waals surface area contributed by atoms with E-state index in [0.717, 1.165) is 5.56 Å². The molecule has 0 spiro atoms. The summed E-state index contributed by atoms with van der Waals surface area (Å²) in [6.45, 7) is 7.99. The molecule has 0 aliphatic carbocycles. The number of hydrogen-bond donors (Lipinski definition) is 2. The lowest BCUT2D eigenvalue weighted by Gasteiger charge is -2.22. The Hall–Kier alpha value is -2.05. The van der Waals surface area contributed by atoms with Crippen molar-refractivity contribution >= 4 is 33.2 Å². The molecule has 2 aromatic carbocycles. The molecule has 0 radical (unpaired) electrons. The topological polar surface area (TPSA) is 75.3 Å². The Bertz CT molecular complexity index is 934. The van der Waals surface area contributed by atoms with Crippen LogP contribution in [0.5, 0.6) is 0 Å². The number of amides is 1. The molecule has 0 unspecified atom stereocenters. The van der Waals surface area contributed by atoms with Crippen molar-refractivity contribution in [3.05, 3.63) is 64.2 Å². The molecule has 0 saturated carbocycles. The Kier molecular flexibility index (Phi) is 6.54. The van der Waals surface area contributed by atoms with Crippen LogP contribution in [-0.2, 0) is 22.0 Å². The fraction of sp³-hybridized carbons (Fsp3) is 0.350. The van der Waals surface area contributed by atoms with Gasteiger partial charge >= 0.3 is 0 Å². The van der Waals surface area contributed by atoms with Gasteiger partial charge in [0.2, 0.25) is 10.0 Å². The number of carbonyl (C=O) groups is 1. The second-order valence-corrected chi connectivity index (χ2v) is 9.71. The van der Waals surface area contributed by atoms with Crippen molar-refractivity contribution in [1.29, 1.82) is 0 Å². The number of halogens is 1. The number of benzene rings is 2. The molecule has 1 amide bonds. The van der Waals surface area contributed by atoms with Gasteiger partial charge in [0.05, 0.1) is 5.75 Å². The Morgan fingerprint density at radius 1 is 1.11 bits per heavy atom. The Morgan fingerprint density at radius 2 is 1.78 bits per heavy atom. The molecule has 2 N–H and O–H groups in total. The summed E-state index contributed by atoms with van der Waals surface area (Å²) >= 11 is 6.25. The fourth-order valence-corrected chi connectivity index (χ4v) is 3.49. The SMILES string of the molecule is CCS(=O)(=O)Nc1ccc(CNC(=O)c2ccccc2C(C)(C)C)c(Cl)c1. The predicted molar refractivity (Wildman–Crippen MR) is 111 cm³/mol. The van der Waals surface area contributed by atoms with Crippen molar-refractivity contribution in [3.8, 4) is 0 Å². The van der Waals surface area contributed by atoms with Gasteiger partial charge in [0.1, 0.15) is 0 Å². The highest BCUT2D eigenvalue weighted by atomic mass is 35.5. The van der Waals surface area contributed by atoms with E-state index < -0.39 is 10.0 Å². The first-order chi connectivity index (χ1) is 12.5. The zero-order chi connectivity index (χ0) is 20.2. The molecule has 2 rings (SSSR count). The minimum Gasteiger partial charge on any atom is -0.348 e. The van der Waals surface area contributed by atoms with Gasteiger partial charge in [0, 0.05) is 22.8 Å². The lowest BCUT2D eigenvalue weighted by atomic mass is 9.83. The molecule has 0 aliphatic rings. The molecule has 0 aliphatic heterocycles. The highest BCUT2D eigenvalue weighted by Crippen LogP contribution is 2.26. The van der Waals surface area contributed by atoms with Gasteiger partial charge in [-0.15, -0.1) is 0 Å². The third kappa shape index (κ3) is 5.71. The number of rotatable bonds is 6. The first-order valence-electron chi connectivity index (χ1n) is 8.70. The van der Waals surface area contributed by atoms with Gasteiger partial charge < -0.3 is 5.32 Å². The summed E-state index contributed by atoms with van der Waals surface area (Å²) in [7, 11) is -3.36. The second-order valence-electron chi connectivity index (χ2n) is 7.29. The van der Waals surface area contributed by atoms with Crippen molar-refractivity contribution in [2.75, 3.05) is 10.5 Å². The van der Waals surface area contributed by atoms with Crippen LogP contribution in [0.1, 0.15) is 49.2 Å². The van der Waals surface area contributed by atoms with E-state index in [1.165, 1.54) is 0 Å². The highest BCUT2D eigenvalue weighted by Gasteiger charge is 2.21. The molecule has 0 aromatic heterocycles. The van der Waals surface area contributed by atoms with Crippen LogP contribution in [-0.4, -0.2) is 20.1 Å². The average Bonchev–Trinajstić information content (AvgIpc) is 2.59. The minimum atomic E-state index is -3.36. The van der Waals surface area contributed by atoms with E-state index in [4.69, 9.17) is 11.6 Å². The zero-order valence-corrected chi connectivity index (χ0v) is 17.5. The molecule has 0 atom stereocenters. The summed E-state index contributed by atoms with van der Waals surface area (Å²) in [6, 6.07) is 12.4. The largest absolute Gasteiger partial charge is 0.348 e. The van der Waals surface area contributed by atoms with E-state index in [9.17, 15) is 13.2 Å². The predicted octanol–water partition coefficient (Wildman–Crippen LogP) is 4.33. The van der Waals surface area contributed by atoms with Crippen LogP contribution in [0.25, 0.3) is 0 Å². The fourth-order valence-electron chi connectivity index (χ4n) is 2.61. The number of nitrogens with one attached hydrogen (secondary N) is 2. The number of anilines is 1. The maximum absolute atomic E-state index is 12.6. The normalized spacial score (nSPS) is 11.9. The Labute approximate surface area is 166 Å². The van der Waals surface area contributed by atoms with Crippen LogP contribution in [0.4, 0.5) is 5.69 Å². The molecule has 0 fully saturated rings. The van der Waals surface area contributed by atoms with E-state index in [1.54, 1.807) is 31.2 Å². The Morgan fingerprint density at radius 3 is 2.37 bits per heavy atom. The molecule has 7 heteroatoms. The summed E-state index contributed by atoms with van der Waals surface area (Å²) < 4.78 is 25.7. The van der Waals surface area contributed by atoms with Gasteiger partial charge in [0.25, 0.3) is 5.91 Å². The van der Waals surface area contributed by atoms with Gasteiger partial charge in [-0.1, -0.05) is 56.6 Å². The molecular weight excluding hydrogens is 384 g/mol. The lowest BCUT2D eigenvalue weighted by Crippen LogP contribution is -2.27. The first kappa shape index (κ1) is 21.3. The van der Waals surface area contributed by atoms with E-state index in [2.05, 4.69) is 30.8 Å². The summed E-state index contributed by atoms with van der Waals surface area (Å²) in [5.41, 5.74) is 2.56. The van der Waals surface area contributed by atoms with Crippen LogP contribution < -0.4 is 10.0 Å². The van der Waals surface area contributed by atoms with Gasteiger partial charge in [-0.3, -0.25) is 9.52 Å². The average molecular weight is 409 g/mol. The summed E-state index contributed by atoms with van der Waals surface area (Å²) in [5.74, 6) is -0.192. The van der Waals surface area contributed by atoms with Crippen molar-refractivity contribution in [2.45, 2.75) is 39.7 Å². The number of hydrogen-bond acceptors (Lipinski definition) is 3. The maximum atomic E-state index is 12.6. The standard InChI is InChI=1S/C20H25ClN2O3S/c1-5-27(25,26)23-15-11-10-14(18(21)12-15)13-22-19(24)16-8-6-7-9-17(16)20(2,3)4/h6-12,23H,5,13H2,1-4H3,(H,22,24).